The van der Waals surface area contributed by atoms with Gasteiger partial charge in [-0.1, -0.05) is 52.3 Å². The highest BCUT2D eigenvalue weighted by molar-refractivity contribution is 6.04. The monoisotopic (exact) mass is 395 g/mol. The van der Waals surface area contributed by atoms with E-state index in [0.29, 0.717) is 0 Å². The Morgan fingerprint density at radius 1 is 0.933 bits per heavy atom. The minimum atomic E-state index is -0.166. The smallest absolute Gasteiger partial charge is 0.116 e. The van der Waals surface area contributed by atoms with E-state index in [1.807, 2.05) is 6.20 Å². The fraction of sp³-hybridized carbons (Fsp3) is 0.370. The van der Waals surface area contributed by atoms with Crippen molar-refractivity contribution >= 4 is 21.8 Å². The van der Waals surface area contributed by atoms with Gasteiger partial charge in [0.05, 0.1) is 16.7 Å². The number of rotatable bonds is 1. The molecule has 0 saturated heterocycles. The van der Waals surface area contributed by atoms with E-state index in [1.165, 1.54) is 38.6 Å². The number of hydrogen-bond donors (Lipinski definition) is 0. The van der Waals surface area contributed by atoms with E-state index in [2.05, 4.69) is 77.7 Å². The third kappa shape index (κ3) is 2.75. The van der Waals surface area contributed by atoms with Crippen LogP contribution in [0.1, 0.15) is 62.4 Å². The van der Waals surface area contributed by atoms with Crippen LogP contribution in [0.5, 0.6) is 0 Å². The summed E-state index contributed by atoms with van der Waals surface area (Å²) in [5.41, 5.74) is 10.8. The summed E-state index contributed by atoms with van der Waals surface area (Å²) in [6.07, 6.45) is 4.75. The first-order valence-corrected chi connectivity index (χ1v) is 10.8. The van der Waals surface area contributed by atoms with E-state index >= 15 is 0 Å². The van der Waals surface area contributed by atoms with Crippen molar-refractivity contribution in [1.82, 2.24) is 15.0 Å². The standard InChI is InChI=1S/C27H29N3/c1-15-8-16(2)24-18(9-15)23-19(13-28-24)25-22-20(27(23,6)7)10-17(12-26(3,4)5)11-21(22)29-14-30-25/h8-11,13-14H,12H2,1-7H3. The van der Waals surface area contributed by atoms with Crippen LogP contribution in [-0.4, -0.2) is 15.0 Å². The molecule has 0 radical (unpaired) electrons. The summed E-state index contributed by atoms with van der Waals surface area (Å²) in [5, 5.41) is 2.42. The molecule has 3 heteroatoms. The molecule has 0 spiro atoms. The Morgan fingerprint density at radius 2 is 1.70 bits per heavy atom. The first kappa shape index (κ1) is 19.2. The molecule has 5 rings (SSSR count). The average Bonchev–Trinajstić information content (AvgIpc) is 2.63. The van der Waals surface area contributed by atoms with Crippen LogP contribution >= 0.6 is 0 Å². The van der Waals surface area contributed by atoms with Crippen LogP contribution in [0.15, 0.2) is 36.8 Å². The van der Waals surface area contributed by atoms with E-state index in [-0.39, 0.29) is 10.8 Å². The molecule has 0 fully saturated rings. The predicted molar refractivity (Wildman–Crippen MR) is 125 cm³/mol. The van der Waals surface area contributed by atoms with Gasteiger partial charge in [0.1, 0.15) is 6.33 Å². The molecule has 1 aliphatic rings. The van der Waals surface area contributed by atoms with Gasteiger partial charge in [0.15, 0.2) is 0 Å². The molecular weight excluding hydrogens is 366 g/mol. The van der Waals surface area contributed by atoms with Crippen LogP contribution in [0.4, 0.5) is 0 Å². The van der Waals surface area contributed by atoms with Gasteiger partial charge < -0.3 is 0 Å². The van der Waals surface area contributed by atoms with Gasteiger partial charge in [0.25, 0.3) is 0 Å². The maximum absolute atomic E-state index is 4.87. The zero-order valence-electron chi connectivity index (χ0n) is 19.0. The van der Waals surface area contributed by atoms with Crippen molar-refractivity contribution in [3.8, 4) is 11.3 Å². The summed E-state index contributed by atoms with van der Waals surface area (Å²) in [6.45, 7) is 15.9. The largest absolute Gasteiger partial charge is 0.255 e. The SMILES string of the molecule is Cc1cc(C)c2ncc3c(c2c1)C(C)(C)c1cc(CC(C)(C)C)cc2ncnc-3c12. The topological polar surface area (TPSA) is 38.7 Å². The Balaban J connectivity index is 1.92. The lowest BCUT2D eigenvalue weighted by molar-refractivity contribution is 0.411. The summed E-state index contributed by atoms with van der Waals surface area (Å²) in [5.74, 6) is 0. The highest BCUT2D eigenvalue weighted by atomic mass is 14.8. The Kier molecular flexibility index (Phi) is 3.90. The predicted octanol–water partition coefficient (Wildman–Crippen LogP) is 6.69. The molecule has 2 aromatic heterocycles. The van der Waals surface area contributed by atoms with E-state index < -0.39 is 0 Å². The molecule has 0 N–H and O–H groups in total. The summed E-state index contributed by atoms with van der Waals surface area (Å²) < 4.78 is 0. The Hall–Kier alpha value is -2.81. The van der Waals surface area contributed by atoms with Crippen molar-refractivity contribution in [2.24, 2.45) is 5.41 Å². The van der Waals surface area contributed by atoms with Crippen molar-refractivity contribution in [2.45, 2.75) is 60.3 Å². The number of aromatic nitrogens is 3. The van der Waals surface area contributed by atoms with Crippen LogP contribution < -0.4 is 0 Å². The lowest BCUT2D eigenvalue weighted by atomic mass is 9.68. The van der Waals surface area contributed by atoms with E-state index in [9.17, 15) is 0 Å². The molecule has 4 aromatic rings. The molecule has 0 aliphatic heterocycles. The van der Waals surface area contributed by atoms with Crippen LogP contribution in [0.25, 0.3) is 33.1 Å². The molecule has 0 unspecified atom stereocenters. The van der Waals surface area contributed by atoms with Gasteiger partial charge >= 0.3 is 0 Å². The second kappa shape index (κ2) is 6.10. The van der Waals surface area contributed by atoms with Crippen LogP contribution in [0.2, 0.25) is 0 Å². The number of fused-ring (bicyclic) bond motifs is 4. The maximum atomic E-state index is 4.87. The molecule has 0 atom stereocenters. The van der Waals surface area contributed by atoms with Gasteiger partial charge in [-0.3, -0.25) is 4.98 Å². The molecule has 2 heterocycles. The molecule has 0 amide bonds. The minimum Gasteiger partial charge on any atom is -0.255 e. The Labute approximate surface area is 178 Å². The van der Waals surface area contributed by atoms with E-state index in [1.54, 1.807) is 6.33 Å². The highest BCUT2D eigenvalue weighted by Crippen LogP contribution is 2.50. The molecule has 3 nitrogen and oxygen atoms in total. The van der Waals surface area contributed by atoms with Gasteiger partial charge in [0, 0.05) is 27.9 Å². The number of pyridine rings is 1. The second-order valence-corrected chi connectivity index (χ2v) is 10.6. The summed E-state index contributed by atoms with van der Waals surface area (Å²) in [7, 11) is 0. The zero-order chi connectivity index (χ0) is 21.4. The van der Waals surface area contributed by atoms with Crippen molar-refractivity contribution in [3.05, 3.63) is 64.6 Å². The molecule has 1 aliphatic carbocycles. The van der Waals surface area contributed by atoms with Crippen LogP contribution in [-0.2, 0) is 11.8 Å². The first-order valence-electron chi connectivity index (χ1n) is 10.8. The molecule has 0 bridgehead atoms. The van der Waals surface area contributed by atoms with Gasteiger partial charge in [-0.05, 0) is 60.1 Å². The Morgan fingerprint density at radius 3 is 2.43 bits per heavy atom. The van der Waals surface area contributed by atoms with Crippen molar-refractivity contribution < 1.29 is 0 Å². The van der Waals surface area contributed by atoms with Gasteiger partial charge in [-0.25, -0.2) is 9.97 Å². The van der Waals surface area contributed by atoms with Gasteiger partial charge in [-0.15, -0.1) is 0 Å². The molecule has 2 aromatic carbocycles. The molecule has 30 heavy (non-hydrogen) atoms. The number of aryl methyl sites for hydroxylation is 2. The lowest BCUT2D eigenvalue weighted by Gasteiger charge is -2.36. The lowest BCUT2D eigenvalue weighted by Crippen LogP contribution is -2.26. The summed E-state index contributed by atoms with van der Waals surface area (Å²) >= 11 is 0. The van der Waals surface area contributed by atoms with Gasteiger partial charge in [-0.2, -0.15) is 0 Å². The quantitative estimate of drug-likeness (QED) is 0.360. The first-order chi connectivity index (χ1) is 14.1. The third-order valence-electron chi connectivity index (χ3n) is 6.39. The number of nitrogens with zero attached hydrogens (tertiary/aromatic N) is 3. The minimum absolute atomic E-state index is 0.166. The maximum Gasteiger partial charge on any atom is 0.116 e. The van der Waals surface area contributed by atoms with Crippen molar-refractivity contribution in [3.63, 3.8) is 0 Å². The fourth-order valence-electron chi connectivity index (χ4n) is 5.31. The summed E-state index contributed by atoms with van der Waals surface area (Å²) in [6, 6.07) is 9.16. The number of benzene rings is 2. The average molecular weight is 396 g/mol. The van der Waals surface area contributed by atoms with E-state index in [4.69, 9.17) is 9.97 Å². The van der Waals surface area contributed by atoms with Crippen molar-refractivity contribution in [2.75, 3.05) is 0 Å². The highest BCUT2D eigenvalue weighted by Gasteiger charge is 2.37. The van der Waals surface area contributed by atoms with Crippen LogP contribution in [0, 0.1) is 19.3 Å². The zero-order valence-corrected chi connectivity index (χ0v) is 19.0. The van der Waals surface area contributed by atoms with Crippen molar-refractivity contribution in [1.29, 1.82) is 0 Å². The van der Waals surface area contributed by atoms with Crippen LogP contribution in [0.3, 0.4) is 0 Å². The Bertz CT molecular complexity index is 1340. The summed E-state index contributed by atoms with van der Waals surface area (Å²) in [4.78, 5) is 14.3. The fourth-order valence-corrected chi connectivity index (χ4v) is 5.31. The molecule has 0 saturated carbocycles. The normalized spacial score (nSPS) is 14.9. The number of hydrogen-bond acceptors (Lipinski definition) is 3. The molecule has 152 valence electrons. The third-order valence-corrected chi connectivity index (χ3v) is 6.39. The second-order valence-electron chi connectivity index (χ2n) is 10.6. The van der Waals surface area contributed by atoms with E-state index in [0.717, 1.165) is 28.7 Å². The van der Waals surface area contributed by atoms with Gasteiger partial charge in [0.2, 0.25) is 0 Å². The molecular formula is C27H29N3.